The van der Waals surface area contributed by atoms with Crippen LogP contribution in [0, 0.1) is 11.3 Å². The van der Waals surface area contributed by atoms with E-state index in [4.69, 9.17) is 10.8 Å². The second-order valence-corrected chi connectivity index (χ2v) is 5.60. The van der Waals surface area contributed by atoms with Gasteiger partial charge in [0.2, 0.25) is 11.8 Å². The lowest BCUT2D eigenvalue weighted by atomic mass is 9.85. The van der Waals surface area contributed by atoms with E-state index in [0.29, 0.717) is 0 Å². The lowest BCUT2D eigenvalue weighted by Crippen LogP contribution is -2.48. The average molecular weight is 258 g/mol. The van der Waals surface area contributed by atoms with Crippen LogP contribution in [0.5, 0.6) is 0 Å². The predicted octanol–water partition coefficient (Wildman–Crippen LogP) is 0.504. The smallest absolute Gasteiger partial charge is 0.303 e. The van der Waals surface area contributed by atoms with Crippen LogP contribution >= 0.6 is 0 Å². The number of nitrogens with two attached hydrogens (primary N) is 1. The van der Waals surface area contributed by atoms with E-state index >= 15 is 0 Å². The Balaban J connectivity index is 4.50. The largest absolute Gasteiger partial charge is 0.481 e. The maximum atomic E-state index is 11.7. The Morgan fingerprint density at radius 1 is 1.22 bits per heavy atom. The first-order valence-corrected chi connectivity index (χ1v) is 5.85. The zero-order valence-corrected chi connectivity index (χ0v) is 11.3. The van der Waals surface area contributed by atoms with Gasteiger partial charge >= 0.3 is 5.97 Å². The maximum absolute atomic E-state index is 11.7. The van der Waals surface area contributed by atoms with Gasteiger partial charge in [-0.1, -0.05) is 27.7 Å². The molecule has 18 heavy (non-hydrogen) atoms. The van der Waals surface area contributed by atoms with Gasteiger partial charge in [-0.3, -0.25) is 14.4 Å². The van der Waals surface area contributed by atoms with Crippen molar-refractivity contribution in [3.63, 3.8) is 0 Å². The van der Waals surface area contributed by atoms with Gasteiger partial charge in [-0.25, -0.2) is 0 Å². The number of amides is 2. The van der Waals surface area contributed by atoms with E-state index in [2.05, 4.69) is 5.32 Å². The van der Waals surface area contributed by atoms with Crippen LogP contribution in [0.3, 0.4) is 0 Å². The van der Waals surface area contributed by atoms with E-state index in [9.17, 15) is 14.4 Å². The molecular formula is C12H22N2O4. The molecule has 0 aromatic heterocycles. The summed E-state index contributed by atoms with van der Waals surface area (Å²) in [6, 6.07) is -0.724. The summed E-state index contributed by atoms with van der Waals surface area (Å²) in [4.78, 5) is 33.5. The quantitative estimate of drug-likeness (QED) is 0.617. The number of carbonyl (C=O) groups excluding carboxylic acids is 2. The summed E-state index contributed by atoms with van der Waals surface area (Å²) in [7, 11) is 0. The number of nitrogens with one attached hydrogen (secondary N) is 1. The molecule has 0 fully saturated rings. The molecule has 0 aliphatic heterocycles. The van der Waals surface area contributed by atoms with Gasteiger partial charge in [0.15, 0.2) is 0 Å². The number of primary amides is 1. The topological polar surface area (TPSA) is 109 Å². The van der Waals surface area contributed by atoms with Crippen LogP contribution in [0.25, 0.3) is 0 Å². The van der Waals surface area contributed by atoms with E-state index in [-0.39, 0.29) is 24.7 Å². The summed E-state index contributed by atoms with van der Waals surface area (Å²) in [5.41, 5.74) is 4.53. The number of rotatable bonds is 7. The molecule has 6 heteroatoms. The molecular weight excluding hydrogens is 236 g/mol. The van der Waals surface area contributed by atoms with Gasteiger partial charge in [0, 0.05) is 6.42 Å². The fraction of sp³-hybridized carbons (Fsp3) is 0.750. The van der Waals surface area contributed by atoms with Gasteiger partial charge in [-0.2, -0.15) is 0 Å². The van der Waals surface area contributed by atoms with Gasteiger partial charge in [0.05, 0.1) is 6.42 Å². The van der Waals surface area contributed by atoms with Gasteiger partial charge in [-0.05, 0) is 11.3 Å². The fourth-order valence-corrected chi connectivity index (χ4v) is 1.70. The number of aliphatic carboxylic acids is 1. The Morgan fingerprint density at radius 3 is 2.06 bits per heavy atom. The Kier molecular flexibility index (Phi) is 5.81. The van der Waals surface area contributed by atoms with Gasteiger partial charge in [0.1, 0.15) is 6.04 Å². The summed E-state index contributed by atoms with van der Waals surface area (Å²) >= 11 is 0. The molecule has 0 bridgehead atoms. The highest BCUT2D eigenvalue weighted by Crippen LogP contribution is 2.24. The molecule has 0 saturated heterocycles. The zero-order chi connectivity index (χ0) is 14.5. The Labute approximate surface area is 107 Å². The molecule has 1 unspecified atom stereocenters. The molecule has 1 atom stereocenters. The standard InChI is InChI=1S/C12H22N2O4/c1-7(2)10(11(13)18)14-8(15)5-12(3,4)6-9(16)17/h7,10H,5-6H2,1-4H3,(H2,13,18)(H,14,15)(H,16,17). The third-order valence-corrected chi connectivity index (χ3v) is 2.56. The normalized spacial score (nSPS) is 13.2. The highest BCUT2D eigenvalue weighted by molar-refractivity contribution is 5.87. The van der Waals surface area contributed by atoms with Crippen molar-refractivity contribution in [1.82, 2.24) is 5.32 Å². The minimum absolute atomic E-state index is 0.0375. The first-order valence-electron chi connectivity index (χ1n) is 5.85. The molecule has 0 aliphatic carbocycles. The van der Waals surface area contributed by atoms with E-state index in [1.807, 2.05) is 0 Å². The summed E-state index contributed by atoms with van der Waals surface area (Å²) in [5, 5.41) is 11.3. The van der Waals surface area contributed by atoms with Crippen LogP contribution in [-0.2, 0) is 14.4 Å². The molecule has 0 aromatic carbocycles. The third kappa shape index (κ3) is 6.22. The molecule has 0 saturated carbocycles. The molecule has 0 aromatic rings. The van der Waals surface area contributed by atoms with Crippen LogP contribution in [0.2, 0.25) is 0 Å². The highest BCUT2D eigenvalue weighted by atomic mass is 16.4. The van der Waals surface area contributed by atoms with Gasteiger partial charge in [0.25, 0.3) is 0 Å². The lowest BCUT2D eigenvalue weighted by molar-refractivity contribution is -0.140. The fourth-order valence-electron chi connectivity index (χ4n) is 1.70. The number of carboxylic acids is 1. The molecule has 0 radical (unpaired) electrons. The second-order valence-electron chi connectivity index (χ2n) is 5.60. The highest BCUT2D eigenvalue weighted by Gasteiger charge is 2.28. The number of hydrogen-bond acceptors (Lipinski definition) is 3. The SMILES string of the molecule is CC(C)C(NC(=O)CC(C)(C)CC(=O)O)C(N)=O. The Morgan fingerprint density at radius 2 is 1.72 bits per heavy atom. The molecule has 104 valence electrons. The van der Waals surface area contributed by atoms with Crippen molar-refractivity contribution in [3.8, 4) is 0 Å². The minimum Gasteiger partial charge on any atom is -0.481 e. The lowest BCUT2D eigenvalue weighted by Gasteiger charge is -2.24. The predicted molar refractivity (Wildman–Crippen MR) is 66.6 cm³/mol. The first-order chi connectivity index (χ1) is 8.05. The zero-order valence-electron chi connectivity index (χ0n) is 11.3. The van der Waals surface area contributed by atoms with Crippen LogP contribution in [-0.4, -0.2) is 28.9 Å². The number of carboxylic acid groups (broad SMARTS) is 1. The van der Waals surface area contributed by atoms with E-state index in [0.717, 1.165) is 0 Å². The molecule has 6 nitrogen and oxygen atoms in total. The molecule has 0 heterocycles. The van der Waals surface area contributed by atoms with Crippen molar-refractivity contribution in [3.05, 3.63) is 0 Å². The first kappa shape index (κ1) is 16.4. The Hall–Kier alpha value is -1.59. The average Bonchev–Trinajstić information content (AvgIpc) is 2.09. The monoisotopic (exact) mass is 258 g/mol. The third-order valence-electron chi connectivity index (χ3n) is 2.56. The van der Waals surface area contributed by atoms with Crippen molar-refractivity contribution in [2.24, 2.45) is 17.1 Å². The van der Waals surface area contributed by atoms with E-state index in [1.165, 1.54) is 0 Å². The maximum Gasteiger partial charge on any atom is 0.303 e. The van der Waals surface area contributed by atoms with E-state index < -0.39 is 23.3 Å². The molecule has 0 rings (SSSR count). The number of carbonyl (C=O) groups is 3. The van der Waals surface area contributed by atoms with Gasteiger partial charge in [-0.15, -0.1) is 0 Å². The summed E-state index contributed by atoms with van der Waals surface area (Å²) in [6.07, 6.45) is -0.0703. The summed E-state index contributed by atoms with van der Waals surface area (Å²) < 4.78 is 0. The van der Waals surface area contributed by atoms with Gasteiger partial charge < -0.3 is 16.2 Å². The van der Waals surface area contributed by atoms with Crippen molar-refractivity contribution in [2.75, 3.05) is 0 Å². The van der Waals surface area contributed by atoms with Crippen LogP contribution in [0.15, 0.2) is 0 Å². The van der Waals surface area contributed by atoms with Crippen molar-refractivity contribution >= 4 is 17.8 Å². The van der Waals surface area contributed by atoms with E-state index in [1.54, 1.807) is 27.7 Å². The van der Waals surface area contributed by atoms with Crippen LogP contribution in [0.4, 0.5) is 0 Å². The Bertz CT molecular complexity index is 337. The minimum atomic E-state index is -0.955. The molecule has 4 N–H and O–H groups in total. The van der Waals surface area contributed by atoms with Crippen molar-refractivity contribution in [1.29, 1.82) is 0 Å². The van der Waals surface area contributed by atoms with Crippen molar-refractivity contribution in [2.45, 2.75) is 46.6 Å². The summed E-state index contributed by atoms with van der Waals surface area (Å²) in [6.45, 7) is 6.93. The molecule has 0 aliphatic rings. The summed E-state index contributed by atoms with van der Waals surface area (Å²) in [5.74, 6) is -2.01. The molecule has 0 spiro atoms. The van der Waals surface area contributed by atoms with Crippen molar-refractivity contribution < 1.29 is 19.5 Å². The number of hydrogen-bond donors (Lipinski definition) is 3. The second kappa shape index (κ2) is 6.37. The van der Waals surface area contributed by atoms with Crippen LogP contribution in [0.1, 0.15) is 40.5 Å². The van der Waals surface area contributed by atoms with Crippen LogP contribution < -0.4 is 11.1 Å². The molecule has 2 amide bonds.